The average molecular weight is 363 g/mol. The predicted octanol–water partition coefficient (Wildman–Crippen LogP) is 3.91. The molecule has 5 heteroatoms. The topological polar surface area (TPSA) is 81.8 Å². The number of fused-ring (bicyclic) bond motifs is 2. The van der Waals surface area contributed by atoms with Crippen LogP contribution in [0.25, 0.3) is 10.8 Å². The van der Waals surface area contributed by atoms with E-state index < -0.39 is 11.5 Å². The molecular weight excluding hydrogens is 342 g/mol. The van der Waals surface area contributed by atoms with Gasteiger partial charge in [-0.3, -0.25) is 4.79 Å². The Kier molecular flexibility index (Phi) is 4.24. The molecule has 1 unspecified atom stereocenters. The SMILES string of the molecule is COc1ccc2ccc(Oc3ccc4c(c3)CC(N)(C(=O)O)CC4)cc2c1. The van der Waals surface area contributed by atoms with Crippen LogP contribution >= 0.6 is 0 Å². The molecular formula is C22H21NO4. The Morgan fingerprint density at radius 2 is 1.63 bits per heavy atom. The van der Waals surface area contributed by atoms with Crippen LogP contribution in [-0.4, -0.2) is 23.7 Å². The number of nitrogens with two attached hydrogens (primary N) is 1. The highest BCUT2D eigenvalue weighted by Crippen LogP contribution is 2.33. The second-order valence-electron chi connectivity index (χ2n) is 7.05. The lowest BCUT2D eigenvalue weighted by Crippen LogP contribution is -2.52. The molecule has 1 atom stereocenters. The third-order valence-corrected chi connectivity index (χ3v) is 5.20. The van der Waals surface area contributed by atoms with Crippen molar-refractivity contribution in [1.29, 1.82) is 0 Å². The van der Waals surface area contributed by atoms with Crippen LogP contribution in [0.4, 0.5) is 0 Å². The molecule has 3 aromatic rings. The standard InChI is InChI=1S/C22H21NO4/c1-26-18-5-2-14-3-6-19(11-16(14)10-18)27-20-7-4-15-8-9-22(23,21(24)25)13-17(15)12-20/h2-7,10-12H,8-9,13,23H2,1H3,(H,24,25). The zero-order chi connectivity index (χ0) is 19.0. The normalized spacial score (nSPS) is 18.7. The summed E-state index contributed by atoms with van der Waals surface area (Å²) in [6.45, 7) is 0. The number of aliphatic carboxylic acids is 1. The van der Waals surface area contributed by atoms with Crippen molar-refractivity contribution in [2.75, 3.05) is 7.11 Å². The molecule has 0 saturated heterocycles. The van der Waals surface area contributed by atoms with Crippen LogP contribution in [-0.2, 0) is 17.6 Å². The maximum absolute atomic E-state index is 11.5. The quantitative estimate of drug-likeness (QED) is 0.734. The van der Waals surface area contributed by atoms with Gasteiger partial charge in [-0.25, -0.2) is 0 Å². The van der Waals surface area contributed by atoms with E-state index in [0.717, 1.165) is 27.6 Å². The molecule has 0 saturated carbocycles. The summed E-state index contributed by atoms with van der Waals surface area (Å²) >= 11 is 0. The van der Waals surface area contributed by atoms with Gasteiger partial charge in [0.15, 0.2) is 0 Å². The molecule has 0 bridgehead atoms. The molecule has 138 valence electrons. The number of carboxylic acid groups (broad SMARTS) is 1. The Morgan fingerprint density at radius 1 is 0.963 bits per heavy atom. The van der Waals surface area contributed by atoms with E-state index in [4.69, 9.17) is 15.2 Å². The molecule has 1 aliphatic rings. The third-order valence-electron chi connectivity index (χ3n) is 5.20. The first-order chi connectivity index (χ1) is 13.0. The number of benzene rings is 3. The molecule has 5 nitrogen and oxygen atoms in total. The van der Waals surface area contributed by atoms with Crippen LogP contribution in [0.2, 0.25) is 0 Å². The lowest BCUT2D eigenvalue weighted by molar-refractivity contribution is -0.143. The van der Waals surface area contributed by atoms with E-state index in [1.54, 1.807) is 7.11 Å². The van der Waals surface area contributed by atoms with Crippen LogP contribution in [0.3, 0.4) is 0 Å². The zero-order valence-electron chi connectivity index (χ0n) is 15.1. The van der Waals surface area contributed by atoms with E-state index in [1.807, 2.05) is 54.6 Å². The molecule has 27 heavy (non-hydrogen) atoms. The van der Waals surface area contributed by atoms with E-state index in [1.165, 1.54) is 0 Å². The summed E-state index contributed by atoms with van der Waals surface area (Å²) in [7, 11) is 1.64. The first kappa shape index (κ1) is 17.4. The summed E-state index contributed by atoms with van der Waals surface area (Å²) in [5.74, 6) is 1.22. The van der Waals surface area contributed by atoms with Gasteiger partial charge in [-0.05, 0) is 71.1 Å². The van der Waals surface area contributed by atoms with Gasteiger partial charge in [-0.1, -0.05) is 18.2 Å². The fourth-order valence-corrected chi connectivity index (χ4v) is 3.57. The molecule has 0 spiro atoms. The summed E-state index contributed by atoms with van der Waals surface area (Å²) in [5.41, 5.74) is 6.92. The summed E-state index contributed by atoms with van der Waals surface area (Å²) < 4.78 is 11.3. The van der Waals surface area contributed by atoms with Gasteiger partial charge in [0.25, 0.3) is 0 Å². The highest BCUT2D eigenvalue weighted by Gasteiger charge is 2.37. The van der Waals surface area contributed by atoms with Gasteiger partial charge < -0.3 is 20.3 Å². The van der Waals surface area contributed by atoms with Crippen molar-refractivity contribution in [3.63, 3.8) is 0 Å². The highest BCUT2D eigenvalue weighted by atomic mass is 16.5. The van der Waals surface area contributed by atoms with Crippen LogP contribution in [0.1, 0.15) is 17.5 Å². The minimum atomic E-state index is -1.20. The Morgan fingerprint density at radius 3 is 2.37 bits per heavy atom. The lowest BCUT2D eigenvalue weighted by Gasteiger charge is -2.31. The molecule has 4 rings (SSSR count). The minimum absolute atomic E-state index is 0.309. The van der Waals surface area contributed by atoms with Crippen molar-refractivity contribution in [1.82, 2.24) is 0 Å². The Balaban J connectivity index is 1.62. The first-order valence-electron chi connectivity index (χ1n) is 8.87. The number of rotatable bonds is 4. The summed E-state index contributed by atoms with van der Waals surface area (Å²) in [4.78, 5) is 11.5. The van der Waals surface area contributed by atoms with Gasteiger partial charge in [-0.2, -0.15) is 0 Å². The molecule has 0 aromatic heterocycles. The fraction of sp³-hybridized carbons (Fsp3) is 0.227. The largest absolute Gasteiger partial charge is 0.497 e. The van der Waals surface area contributed by atoms with E-state index in [2.05, 4.69) is 0 Å². The van der Waals surface area contributed by atoms with Gasteiger partial charge in [0.05, 0.1) is 7.11 Å². The molecule has 3 aromatic carbocycles. The minimum Gasteiger partial charge on any atom is -0.497 e. The van der Waals surface area contributed by atoms with Gasteiger partial charge in [0.2, 0.25) is 0 Å². The number of hydrogen-bond donors (Lipinski definition) is 2. The van der Waals surface area contributed by atoms with E-state index in [0.29, 0.717) is 30.8 Å². The van der Waals surface area contributed by atoms with Gasteiger partial charge >= 0.3 is 5.97 Å². The zero-order valence-corrected chi connectivity index (χ0v) is 15.1. The van der Waals surface area contributed by atoms with Crippen LogP contribution in [0.5, 0.6) is 17.2 Å². The van der Waals surface area contributed by atoms with Crippen LogP contribution < -0.4 is 15.2 Å². The molecule has 3 N–H and O–H groups in total. The number of carboxylic acids is 1. The lowest BCUT2D eigenvalue weighted by atomic mass is 9.78. The van der Waals surface area contributed by atoms with Crippen molar-refractivity contribution in [2.24, 2.45) is 5.73 Å². The molecule has 0 aliphatic heterocycles. The van der Waals surface area contributed by atoms with E-state index in [-0.39, 0.29) is 0 Å². The summed E-state index contributed by atoms with van der Waals surface area (Å²) in [6.07, 6.45) is 1.42. The Labute approximate surface area is 157 Å². The highest BCUT2D eigenvalue weighted by molar-refractivity contribution is 5.85. The molecule has 0 fully saturated rings. The van der Waals surface area contributed by atoms with Gasteiger partial charge in [0, 0.05) is 6.42 Å². The van der Waals surface area contributed by atoms with Crippen molar-refractivity contribution in [3.8, 4) is 17.2 Å². The van der Waals surface area contributed by atoms with Crippen LogP contribution in [0.15, 0.2) is 54.6 Å². The smallest absolute Gasteiger partial charge is 0.324 e. The predicted molar refractivity (Wildman–Crippen MR) is 104 cm³/mol. The summed E-state index contributed by atoms with van der Waals surface area (Å²) in [6, 6.07) is 17.6. The van der Waals surface area contributed by atoms with Crippen molar-refractivity contribution >= 4 is 16.7 Å². The van der Waals surface area contributed by atoms with E-state index >= 15 is 0 Å². The molecule has 0 amide bonds. The Bertz CT molecular complexity index is 1030. The number of ether oxygens (including phenoxy) is 2. The van der Waals surface area contributed by atoms with E-state index in [9.17, 15) is 9.90 Å². The maximum atomic E-state index is 11.5. The van der Waals surface area contributed by atoms with Gasteiger partial charge in [-0.15, -0.1) is 0 Å². The molecule has 1 aliphatic carbocycles. The number of aryl methyl sites for hydroxylation is 1. The maximum Gasteiger partial charge on any atom is 0.324 e. The molecule has 0 radical (unpaired) electrons. The average Bonchev–Trinajstić information content (AvgIpc) is 2.67. The number of hydrogen-bond acceptors (Lipinski definition) is 4. The van der Waals surface area contributed by atoms with Crippen molar-refractivity contribution in [2.45, 2.75) is 24.8 Å². The number of methoxy groups -OCH3 is 1. The first-order valence-corrected chi connectivity index (χ1v) is 8.87. The van der Waals surface area contributed by atoms with Crippen molar-refractivity contribution in [3.05, 3.63) is 65.7 Å². The third kappa shape index (κ3) is 3.34. The summed E-state index contributed by atoms with van der Waals surface area (Å²) in [5, 5.41) is 11.5. The second kappa shape index (κ2) is 6.59. The fourth-order valence-electron chi connectivity index (χ4n) is 3.57. The molecule has 0 heterocycles. The Hall–Kier alpha value is -3.05. The second-order valence-corrected chi connectivity index (χ2v) is 7.05. The number of carbonyl (C=O) groups is 1. The van der Waals surface area contributed by atoms with Crippen molar-refractivity contribution < 1.29 is 19.4 Å². The van der Waals surface area contributed by atoms with Crippen LogP contribution in [0, 0.1) is 0 Å². The van der Waals surface area contributed by atoms with Gasteiger partial charge in [0.1, 0.15) is 22.8 Å². The monoisotopic (exact) mass is 363 g/mol.